The summed E-state index contributed by atoms with van der Waals surface area (Å²) >= 11 is 0. The van der Waals surface area contributed by atoms with Crippen LogP contribution in [0.1, 0.15) is 23.8 Å². The van der Waals surface area contributed by atoms with Crippen LogP contribution in [0.25, 0.3) is 0 Å². The van der Waals surface area contributed by atoms with Crippen molar-refractivity contribution in [1.29, 1.82) is 0 Å². The molecule has 1 aliphatic rings. The van der Waals surface area contributed by atoms with Crippen LogP contribution in [-0.4, -0.2) is 42.8 Å². The van der Waals surface area contributed by atoms with E-state index in [-0.39, 0.29) is 29.1 Å². The molecule has 2 aromatic rings. The van der Waals surface area contributed by atoms with Crippen molar-refractivity contribution in [1.82, 2.24) is 10.3 Å². The predicted octanol–water partition coefficient (Wildman–Crippen LogP) is 1.70. The average Bonchev–Trinajstić information content (AvgIpc) is 2.93. The van der Waals surface area contributed by atoms with Gasteiger partial charge in [0.15, 0.2) is 9.84 Å². The van der Waals surface area contributed by atoms with E-state index in [0.29, 0.717) is 17.8 Å². The lowest BCUT2D eigenvalue weighted by Crippen LogP contribution is -2.36. The monoisotopic (exact) mass is 388 g/mol. The maximum atomic E-state index is 12.2. The second kappa shape index (κ2) is 7.75. The van der Waals surface area contributed by atoms with Crippen LogP contribution in [0.2, 0.25) is 0 Å². The summed E-state index contributed by atoms with van der Waals surface area (Å²) in [6.45, 7) is 1.44. The molecular formula is C18H20N4O4S. The Hall–Kier alpha value is -2.94. The Kier molecular flexibility index (Phi) is 5.41. The van der Waals surface area contributed by atoms with Crippen molar-refractivity contribution in [2.75, 3.05) is 22.1 Å². The molecule has 0 spiro atoms. The lowest BCUT2D eigenvalue weighted by molar-refractivity contribution is -0.114. The first-order chi connectivity index (χ1) is 12.8. The number of nitrogens with zero attached hydrogens (tertiary/aromatic N) is 1. The minimum atomic E-state index is -3.05. The molecule has 1 aromatic heterocycles. The number of carbonyl (C=O) groups excluding carboxylic acids is 2. The van der Waals surface area contributed by atoms with Gasteiger partial charge in [-0.15, -0.1) is 0 Å². The number of anilines is 3. The summed E-state index contributed by atoms with van der Waals surface area (Å²) in [6.07, 6.45) is 1.95. The molecule has 2 amide bonds. The smallest absolute Gasteiger partial charge is 0.270 e. The Bertz CT molecular complexity index is 958. The van der Waals surface area contributed by atoms with Crippen LogP contribution in [0.5, 0.6) is 0 Å². The van der Waals surface area contributed by atoms with E-state index in [1.807, 2.05) is 6.07 Å². The van der Waals surface area contributed by atoms with Gasteiger partial charge in [-0.2, -0.15) is 0 Å². The van der Waals surface area contributed by atoms with Gasteiger partial charge in [-0.3, -0.25) is 9.59 Å². The Balaban J connectivity index is 1.62. The van der Waals surface area contributed by atoms with Crippen LogP contribution in [0.3, 0.4) is 0 Å². The molecule has 1 unspecified atom stereocenters. The van der Waals surface area contributed by atoms with Crippen LogP contribution < -0.4 is 16.0 Å². The van der Waals surface area contributed by atoms with Crippen LogP contribution in [0.15, 0.2) is 42.6 Å². The van der Waals surface area contributed by atoms with Crippen molar-refractivity contribution >= 4 is 38.7 Å². The molecule has 0 bridgehead atoms. The third-order valence-corrected chi connectivity index (χ3v) is 5.80. The second-order valence-corrected chi connectivity index (χ2v) is 8.62. The van der Waals surface area contributed by atoms with Gasteiger partial charge in [0.1, 0.15) is 5.69 Å². The lowest BCUT2D eigenvalue weighted by Gasteiger charge is -2.11. The molecule has 1 aliphatic heterocycles. The molecule has 3 rings (SSSR count). The highest BCUT2D eigenvalue weighted by Crippen LogP contribution is 2.20. The molecule has 27 heavy (non-hydrogen) atoms. The fraction of sp³-hybridized carbons (Fsp3) is 0.278. The van der Waals surface area contributed by atoms with E-state index in [2.05, 4.69) is 20.9 Å². The molecule has 0 saturated carbocycles. The Morgan fingerprint density at radius 3 is 2.52 bits per heavy atom. The van der Waals surface area contributed by atoms with Gasteiger partial charge in [0.25, 0.3) is 5.91 Å². The van der Waals surface area contributed by atoms with Crippen molar-refractivity contribution in [2.45, 2.75) is 19.4 Å². The number of carbonyl (C=O) groups is 2. The van der Waals surface area contributed by atoms with Crippen molar-refractivity contribution < 1.29 is 18.0 Å². The zero-order valence-corrected chi connectivity index (χ0v) is 15.5. The molecule has 1 atom stereocenters. The van der Waals surface area contributed by atoms with Crippen LogP contribution in [-0.2, 0) is 14.6 Å². The third-order valence-electron chi connectivity index (χ3n) is 4.04. The van der Waals surface area contributed by atoms with E-state index >= 15 is 0 Å². The van der Waals surface area contributed by atoms with Crippen molar-refractivity contribution in [3.63, 3.8) is 0 Å². The number of rotatable bonds is 5. The first kappa shape index (κ1) is 18.8. The number of sulfone groups is 1. The highest BCUT2D eigenvalue weighted by atomic mass is 32.2. The van der Waals surface area contributed by atoms with Crippen LogP contribution >= 0.6 is 0 Å². The Labute approximate surface area is 157 Å². The van der Waals surface area contributed by atoms with E-state index in [9.17, 15) is 18.0 Å². The van der Waals surface area contributed by atoms with Gasteiger partial charge in [0.2, 0.25) is 5.91 Å². The predicted molar refractivity (Wildman–Crippen MR) is 103 cm³/mol. The fourth-order valence-electron chi connectivity index (χ4n) is 2.81. The number of amides is 2. The fourth-order valence-corrected chi connectivity index (χ4v) is 4.49. The van der Waals surface area contributed by atoms with Crippen molar-refractivity contribution in [2.24, 2.45) is 0 Å². The number of hydrogen-bond acceptors (Lipinski definition) is 6. The summed E-state index contributed by atoms with van der Waals surface area (Å²) in [4.78, 5) is 27.5. The largest absolute Gasteiger partial charge is 0.354 e. The minimum absolute atomic E-state index is 0.0248. The summed E-state index contributed by atoms with van der Waals surface area (Å²) < 4.78 is 22.9. The molecule has 142 valence electrons. The summed E-state index contributed by atoms with van der Waals surface area (Å²) in [7, 11) is -3.05. The topological polar surface area (TPSA) is 117 Å². The van der Waals surface area contributed by atoms with E-state index in [1.165, 1.54) is 13.1 Å². The van der Waals surface area contributed by atoms with Gasteiger partial charge in [0, 0.05) is 24.3 Å². The van der Waals surface area contributed by atoms with E-state index < -0.39 is 15.7 Å². The average molecular weight is 388 g/mol. The van der Waals surface area contributed by atoms with E-state index in [0.717, 1.165) is 5.69 Å². The van der Waals surface area contributed by atoms with Gasteiger partial charge >= 0.3 is 0 Å². The van der Waals surface area contributed by atoms with E-state index in [1.54, 1.807) is 30.3 Å². The Morgan fingerprint density at radius 2 is 1.89 bits per heavy atom. The SMILES string of the molecule is CC(=O)Nc1cccc(Nc2ccc(C(=O)NC3CCS(=O)(=O)C3)nc2)c1. The molecule has 8 nitrogen and oxygen atoms in total. The highest BCUT2D eigenvalue weighted by molar-refractivity contribution is 7.91. The Morgan fingerprint density at radius 1 is 1.11 bits per heavy atom. The molecule has 1 aromatic carbocycles. The van der Waals surface area contributed by atoms with Gasteiger partial charge in [0.05, 0.1) is 23.4 Å². The summed E-state index contributed by atoms with van der Waals surface area (Å²) in [5.74, 6) is -0.468. The molecule has 0 aliphatic carbocycles. The first-order valence-corrected chi connectivity index (χ1v) is 10.2. The normalized spacial score (nSPS) is 17.9. The second-order valence-electron chi connectivity index (χ2n) is 6.39. The van der Waals surface area contributed by atoms with Gasteiger partial charge in [-0.1, -0.05) is 6.07 Å². The number of nitrogens with one attached hydrogen (secondary N) is 3. The van der Waals surface area contributed by atoms with Gasteiger partial charge in [-0.25, -0.2) is 13.4 Å². The lowest BCUT2D eigenvalue weighted by atomic mass is 10.2. The zero-order chi connectivity index (χ0) is 19.4. The van der Waals surface area contributed by atoms with E-state index in [4.69, 9.17) is 0 Å². The zero-order valence-electron chi connectivity index (χ0n) is 14.7. The quantitative estimate of drug-likeness (QED) is 0.718. The standard InChI is InChI=1S/C18H20N4O4S/c1-12(23)20-13-3-2-4-14(9-13)21-15-5-6-17(19-10-15)18(24)22-16-7-8-27(25,26)11-16/h2-6,9-10,16,21H,7-8,11H2,1H3,(H,20,23)(H,22,24). The number of pyridine rings is 1. The summed E-state index contributed by atoms with van der Waals surface area (Å²) in [5, 5.41) is 8.55. The number of benzene rings is 1. The summed E-state index contributed by atoms with van der Waals surface area (Å²) in [6, 6.07) is 10.1. The van der Waals surface area contributed by atoms with Crippen molar-refractivity contribution in [3.05, 3.63) is 48.3 Å². The molecule has 3 N–H and O–H groups in total. The highest BCUT2D eigenvalue weighted by Gasteiger charge is 2.29. The van der Waals surface area contributed by atoms with Crippen LogP contribution in [0.4, 0.5) is 17.1 Å². The molecule has 9 heteroatoms. The molecule has 1 saturated heterocycles. The maximum absolute atomic E-state index is 12.2. The minimum Gasteiger partial charge on any atom is -0.354 e. The molecule has 2 heterocycles. The molecule has 0 radical (unpaired) electrons. The molecular weight excluding hydrogens is 368 g/mol. The number of hydrogen-bond donors (Lipinski definition) is 3. The number of aromatic nitrogens is 1. The van der Waals surface area contributed by atoms with Crippen molar-refractivity contribution in [3.8, 4) is 0 Å². The van der Waals surface area contributed by atoms with Gasteiger partial charge in [-0.05, 0) is 36.8 Å². The molecule has 1 fully saturated rings. The summed E-state index contributed by atoms with van der Waals surface area (Å²) in [5.41, 5.74) is 2.33. The first-order valence-electron chi connectivity index (χ1n) is 8.43. The third kappa shape index (κ3) is 5.27. The van der Waals surface area contributed by atoms with Crippen LogP contribution in [0, 0.1) is 0 Å². The van der Waals surface area contributed by atoms with Gasteiger partial charge < -0.3 is 16.0 Å². The maximum Gasteiger partial charge on any atom is 0.270 e.